The third-order valence-corrected chi connectivity index (χ3v) is 8.60. The van der Waals surface area contributed by atoms with E-state index < -0.39 is 44.5 Å². The molecule has 8 heteroatoms. The van der Waals surface area contributed by atoms with Gasteiger partial charge in [0.25, 0.3) is 0 Å². The molecule has 0 aromatic carbocycles. The molecule has 1 saturated heterocycles. The third kappa shape index (κ3) is 5.03. The zero-order chi connectivity index (χ0) is 18.0. The highest BCUT2D eigenvalue weighted by atomic mass is 28.4. The second kappa shape index (κ2) is 7.00. The molecule has 0 aliphatic carbocycles. The molecule has 23 heavy (non-hydrogen) atoms. The zero-order valence-electron chi connectivity index (χ0n) is 14.8. The summed E-state index contributed by atoms with van der Waals surface area (Å²) in [6.07, 6.45) is -2.78. The summed E-state index contributed by atoms with van der Waals surface area (Å²) in [5.74, 6) is -1.65. The van der Waals surface area contributed by atoms with Crippen LogP contribution in [-0.2, 0) is 33.0 Å². The summed E-state index contributed by atoms with van der Waals surface area (Å²) < 4.78 is 21.4. The largest absolute Gasteiger partial charge is 0.462 e. The summed E-state index contributed by atoms with van der Waals surface area (Å²) in [5, 5.41) is -0.123. The van der Waals surface area contributed by atoms with Crippen LogP contribution in [0.5, 0.6) is 0 Å². The van der Waals surface area contributed by atoms with Gasteiger partial charge in [-0.1, -0.05) is 20.8 Å². The van der Waals surface area contributed by atoms with Crippen molar-refractivity contribution in [3.05, 3.63) is 0 Å². The molecule has 0 N–H and O–H groups in total. The summed E-state index contributed by atoms with van der Waals surface area (Å²) >= 11 is 0. The van der Waals surface area contributed by atoms with E-state index >= 15 is 0 Å². The Morgan fingerprint density at radius 3 is 2.17 bits per heavy atom. The zero-order valence-corrected chi connectivity index (χ0v) is 15.8. The van der Waals surface area contributed by atoms with Crippen molar-refractivity contribution in [1.29, 1.82) is 0 Å². The monoisotopic (exact) mass is 346 g/mol. The van der Waals surface area contributed by atoms with Crippen LogP contribution >= 0.6 is 0 Å². The van der Waals surface area contributed by atoms with Crippen molar-refractivity contribution in [3.63, 3.8) is 0 Å². The molecular formula is C15H26O7Si. The molecule has 0 saturated carbocycles. The number of carbonyl (C=O) groups is 3. The first-order valence-corrected chi connectivity index (χ1v) is 10.4. The van der Waals surface area contributed by atoms with Gasteiger partial charge in [-0.25, -0.2) is 4.79 Å². The minimum Gasteiger partial charge on any atom is -0.462 e. The predicted molar refractivity (Wildman–Crippen MR) is 84.1 cm³/mol. The van der Waals surface area contributed by atoms with Gasteiger partial charge < -0.3 is 18.6 Å². The van der Waals surface area contributed by atoms with Crippen LogP contribution in [0, 0.1) is 0 Å². The van der Waals surface area contributed by atoms with Crippen molar-refractivity contribution in [2.75, 3.05) is 6.61 Å². The van der Waals surface area contributed by atoms with Crippen molar-refractivity contribution in [2.24, 2.45) is 0 Å². The minimum atomic E-state index is -2.28. The lowest BCUT2D eigenvalue weighted by molar-refractivity contribution is -0.158. The van der Waals surface area contributed by atoms with Gasteiger partial charge in [-0.3, -0.25) is 9.59 Å². The number of cyclic esters (lactones) is 1. The first-order valence-electron chi connectivity index (χ1n) is 7.54. The Labute approximate surface area is 137 Å². The standard InChI is InChI=1S/C15H26O7Si/c1-9(16)19-8-11-12(20-10(2)17)13(14(18)21-11)22-23(6,7)15(3,4)5/h11-13H,8H2,1-7H3/t11-,12-,13-/m1/s1. The van der Waals surface area contributed by atoms with Crippen LogP contribution in [0.4, 0.5) is 0 Å². The van der Waals surface area contributed by atoms with Crippen molar-refractivity contribution in [3.8, 4) is 0 Å². The Kier molecular flexibility index (Phi) is 5.98. The van der Waals surface area contributed by atoms with Crippen molar-refractivity contribution >= 4 is 26.2 Å². The summed E-state index contributed by atoms with van der Waals surface area (Å²) in [6.45, 7) is 12.4. The predicted octanol–water partition coefficient (Wildman–Crippen LogP) is 1.80. The van der Waals surface area contributed by atoms with Gasteiger partial charge in [0.1, 0.15) is 6.61 Å². The fourth-order valence-electron chi connectivity index (χ4n) is 1.88. The molecule has 0 unspecified atom stereocenters. The molecule has 0 bridgehead atoms. The molecule has 1 heterocycles. The van der Waals surface area contributed by atoms with E-state index in [0.717, 1.165) is 0 Å². The molecule has 3 atom stereocenters. The van der Waals surface area contributed by atoms with Gasteiger partial charge in [-0.15, -0.1) is 0 Å². The van der Waals surface area contributed by atoms with Crippen molar-refractivity contribution < 1.29 is 33.0 Å². The van der Waals surface area contributed by atoms with Crippen LogP contribution in [0.2, 0.25) is 18.1 Å². The number of rotatable bonds is 5. The van der Waals surface area contributed by atoms with E-state index in [9.17, 15) is 14.4 Å². The molecule has 0 aromatic rings. The van der Waals surface area contributed by atoms with Crippen molar-refractivity contribution in [2.45, 2.75) is 71.1 Å². The van der Waals surface area contributed by atoms with E-state index in [1.54, 1.807) is 0 Å². The maximum atomic E-state index is 12.2. The van der Waals surface area contributed by atoms with Crippen molar-refractivity contribution in [1.82, 2.24) is 0 Å². The number of hydrogen-bond donors (Lipinski definition) is 0. The average Bonchev–Trinajstić information content (AvgIpc) is 2.62. The molecule has 1 aliphatic heterocycles. The molecule has 0 amide bonds. The van der Waals surface area contributed by atoms with Gasteiger partial charge >= 0.3 is 17.9 Å². The van der Waals surface area contributed by atoms with Gasteiger partial charge in [0, 0.05) is 13.8 Å². The van der Waals surface area contributed by atoms with Crippen LogP contribution in [0.25, 0.3) is 0 Å². The Hall–Kier alpha value is -1.41. The highest BCUT2D eigenvalue weighted by Crippen LogP contribution is 2.39. The Bertz CT molecular complexity index is 481. The molecule has 132 valence electrons. The van der Waals surface area contributed by atoms with Crippen LogP contribution < -0.4 is 0 Å². The van der Waals surface area contributed by atoms with Gasteiger partial charge in [-0.2, -0.15) is 0 Å². The second-order valence-corrected chi connectivity index (χ2v) is 11.9. The SMILES string of the molecule is CC(=O)OC[C@H]1OC(=O)[C@H](O[Si](C)(C)C(C)(C)C)[C@@H]1OC(C)=O. The number of ether oxygens (including phenoxy) is 3. The van der Waals surface area contributed by atoms with Gasteiger partial charge in [-0.05, 0) is 18.1 Å². The van der Waals surface area contributed by atoms with E-state index in [4.69, 9.17) is 18.6 Å². The van der Waals surface area contributed by atoms with E-state index in [-0.39, 0.29) is 11.6 Å². The van der Waals surface area contributed by atoms with Crippen LogP contribution in [0.3, 0.4) is 0 Å². The third-order valence-electron chi connectivity index (χ3n) is 4.15. The Balaban J connectivity index is 2.96. The van der Waals surface area contributed by atoms with Crippen LogP contribution in [-0.4, -0.2) is 51.1 Å². The maximum Gasteiger partial charge on any atom is 0.338 e. The molecular weight excluding hydrogens is 320 g/mol. The molecule has 1 fully saturated rings. The number of esters is 3. The Morgan fingerprint density at radius 1 is 1.17 bits per heavy atom. The Morgan fingerprint density at radius 2 is 1.74 bits per heavy atom. The molecule has 0 radical (unpaired) electrons. The first-order chi connectivity index (χ1) is 10.3. The normalized spacial score (nSPS) is 25.0. The second-order valence-electron chi connectivity index (χ2n) is 7.15. The summed E-state index contributed by atoms with van der Waals surface area (Å²) in [4.78, 5) is 34.5. The lowest BCUT2D eigenvalue weighted by Gasteiger charge is -2.38. The molecule has 7 nitrogen and oxygen atoms in total. The topological polar surface area (TPSA) is 88.1 Å². The van der Waals surface area contributed by atoms with E-state index in [0.29, 0.717) is 0 Å². The van der Waals surface area contributed by atoms with Gasteiger partial charge in [0.2, 0.25) is 0 Å². The minimum absolute atomic E-state index is 0.123. The fraction of sp³-hybridized carbons (Fsp3) is 0.800. The average molecular weight is 346 g/mol. The fourth-order valence-corrected chi connectivity index (χ4v) is 3.10. The molecule has 0 spiro atoms. The number of carbonyl (C=O) groups excluding carboxylic acids is 3. The summed E-state index contributed by atoms with van der Waals surface area (Å²) in [5.41, 5.74) is 0. The highest BCUT2D eigenvalue weighted by Gasteiger charge is 2.52. The van der Waals surface area contributed by atoms with Gasteiger partial charge in [0.05, 0.1) is 0 Å². The van der Waals surface area contributed by atoms with E-state index in [1.807, 2.05) is 33.9 Å². The quantitative estimate of drug-likeness (QED) is 0.426. The van der Waals surface area contributed by atoms with Gasteiger partial charge in [0.15, 0.2) is 26.6 Å². The molecule has 0 aromatic heterocycles. The summed E-state index contributed by atoms with van der Waals surface area (Å²) in [7, 11) is -2.28. The number of hydrogen-bond acceptors (Lipinski definition) is 7. The lowest BCUT2D eigenvalue weighted by atomic mass is 10.1. The smallest absolute Gasteiger partial charge is 0.338 e. The lowest BCUT2D eigenvalue weighted by Crippen LogP contribution is -2.49. The highest BCUT2D eigenvalue weighted by molar-refractivity contribution is 6.74. The van der Waals surface area contributed by atoms with E-state index in [1.165, 1.54) is 13.8 Å². The summed E-state index contributed by atoms with van der Waals surface area (Å²) in [6, 6.07) is 0. The maximum absolute atomic E-state index is 12.2. The van der Waals surface area contributed by atoms with Crippen LogP contribution in [0.15, 0.2) is 0 Å². The first kappa shape index (κ1) is 19.6. The molecule has 1 aliphatic rings. The van der Waals surface area contributed by atoms with E-state index in [2.05, 4.69) is 0 Å². The molecule has 1 rings (SSSR count). The van der Waals surface area contributed by atoms with Crippen LogP contribution in [0.1, 0.15) is 34.6 Å².